The van der Waals surface area contributed by atoms with Gasteiger partial charge in [-0.1, -0.05) is 32.0 Å². The van der Waals surface area contributed by atoms with Crippen molar-refractivity contribution in [1.29, 1.82) is 0 Å². The van der Waals surface area contributed by atoms with Gasteiger partial charge in [-0.25, -0.2) is 0 Å². The molecule has 1 atom stereocenters. The molecule has 0 radical (unpaired) electrons. The number of alkyl halides is 3. The van der Waals surface area contributed by atoms with Gasteiger partial charge >= 0.3 is 6.18 Å². The lowest BCUT2D eigenvalue weighted by Gasteiger charge is -2.27. The summed E-state index contributed by atoms with van der Waals surface area (Å²) in [6.07, 6.45) is -4.44. The SMILES string of the molecule is CC(O)CC(C)(C)c1cccc(C(F)(F)F)c1. The summed E-state index contributed by atoms with van der Waals surface area (Å²) < 4.78 is 37.7. The molecule has 96 valence electrons. The van der Waals surface area contributed by atoms with E-state index in [9.17, 15) is 18.3 Å². The molecule has 0 fully saturated rings. The van der Waals surface area contributed by atoms with Gasteiger partial charge in [-0.15, -0.1) is 0 Å². The maximum atomic E-state index is 12.6. The Labute approximate surface area is 99.3 Å². The molecule has 1 nitrogen and oxygen atoms in total. The van der Waals surface area contributed by atoms with Gasteiger partial charge < -0.3 is 5.11 Å². The van der Waals surface area contributed by atoms with E-state index in [-0.39, 0.29) is 0 Å². The van der Waals surface area contributed by atoms with Crippen LogP contribution in [0.4, 0.5) is 13.2 Å². The molecule has 0 heterocycles. The first-order valence-corrected chi connectivity index (χ1v) is 5.49. The number of aliphatic hydroxyl groups excluding tert-OH is 1. The Morgan fingerprint density at radius 3 is 2.18 bits per heavy atom. The first kappa shape index (κ1) is 14.0. The van der Waals surface area contributed by atoms with E-state index in [1.54, 1.807) is 13.0 Å². The average Bonchev–Trinajstić information content (AvgIpc) is 2.14. The summed E-state index contributed by atoms with van der Waals surface area (Å²) in [5.41, 5.74) is -0.531. The average molecular weight is 246 g/mol. The van der Waals surface area contributed by atoms with Crippen molar-refractivity contribution in [2.45, 2.75) is 44.9 Å². The van der Waals surface area contributed by atoms with Crippen molar-refractivity contribution in [3.05, 3.63) is 35.4 Å². The Balaban J connectivity index is 3.07. The van der Waals surface area contributed by atoms with Gasteiger partial charge in [0, 0.05) is 0 Å². The summed E-state index contributed by atoms with van der Waals surface area (Å²) in [6.45, 7) is 5.29. The predicted molar refractivity (Wildman–Crippen MR) is 60.8 cm³/mol. The molecule has 0 saturated carbocycles. The third-order valence-electron chi connectivity index (χ3n) is 2.78. The van der Waals surface area contributed by atoms with Crippen LogP contribution in [0, 0.1) is 0 Å². The highest BCUT2D eigenvalue weighted by Crippen LogP contribution is 2.34. The van der Waals surface area contributed by atoms with Crippen LogP contribution in [0.1, 0.15) is 38.3 Å². The Morgan fingerprint density at radius 1 is 1.18 bits per heavy atom. The standard InChI is InChI=1S/C13H17F3O/c1-9(17)8-12(2,3)10-5-4-6-11(7-10)13(14,15)16/h4-7,9,17H,8H2,1-3H3. The van der Waals surface area contributed by atoms with Crippen molar-refractivity contribution in [2.24, 2.45) is 0 Å². The summed E-state index contributed by atoms with van der Waals surface area (Å²) in [4.78, 5) is 0. The second kappa shape index (κ2) is 4.69. The highest BCUT2D eigenvalue weighted by Gasteiger charge is 2.32. The summed E-state index contributed by atoms with van der Waals surface area (Å²) >= 11 is 0. The quantitative estimate of drug-likeness (QED) is 0.861. The number of benzene rings is 1. The molecule has 4 heteroatoms. The highest BCUT2D eigenvalue weighted by atomic mass is 19.4. The van der Waals surface area contributed by atoms with Gasteiger partial charge in [-0.3, -0.25) is 0 Å². The van der Waals surface area contributed by atoms with Crippen molar-refractivity contribution < 1.29 is 18.3 Å². The molecule has 0 spiro atoms. The fourth-order valence-corrected chi connectivity index (χ4v) is 1.97. The topological polar surface area (TPSA) is 20.2 Å². The van der Waals surface area contributed by atoms with Gasteiger partial charge in [-0.2, -0.15) is 13.2 Å². The van der Waals surface area contributed by atoms with Crippen LogP contribution in [0.5, 0.6) is 0 Å². The minimum absolute atomic E-state index is 0.425. The van der Waals surface area contributed by atoms with Crippen molar-refractivity contribution >= 4 is 0 Å². The van der Waals surface area contributed by atoms with E-state index in [0.717, 1.165) is 12.1 Å². The number of aliphatic hydroxyl groups is 1. The summed E-state index contributed by atoms with van der Waals surface area (Å²) in [6, 6.07) is 5.28. The summed E-state index contributed by atoms with van der Waals surface area (Å²) in [5.74, 6) is 0. The first-order valence-electron chi connectivity index (χ1n) is 5.49. The van der Waals surface area contributed by atoms with E-state index >= 15 is 0 Å². The minimum Gasteiger partial charge on any atom is -0.393 e. The van der Waals surface area contributed by atoms with Crippen molar-refractivity contribution in [3.63, 3.8) is 0 Å². The molecule has 1 aromatic carbocycles. The number of hydrogen-bond acceptors (Lipinski definition) is 1. The van der Waals surface area contributed by atoms with Gasteiger partial charge in [0.05, 0.1) is 11.7 Å². The van der Waals surface area contributed by atoms with Crippen LogP contribution in [0.25, 0.3) is 0 Å². The van der Waals surface area contributed by atoms with Crippen LogP contribution in [-0.4, -0.2) is 11.2 Å². The molecule has 0 aliphatic heterocycles. The van der Waals surface area contributed by atoms with Crippen LogP contribution in [0.3, 0.4) is 0 Å². The molecule has 0 bridgehead atoms. The minimum atomic E-state index is -4.32. The molecule has 0 amide bonds. The normalized spacial score (nSPS) is 14.8. The smallest absolute Gasteiger partial charge is 0.393 e. The zero-order valence-electron chi connectivity index (χ0n) is 10.2. The number of hydrogen-bond donors (Lipinski definition) is 1. The molecule has 17 heavy (non-hydrogen) atoms. The van der Waals surface area contributed by atoms with Crippen LogP contribution in [-0.2, 0) is 11.6 Å². The van der Waals surface area contributed by atoms with E-state index in [2.05, 4.69) is 0 Å². The third kappa shape index (κ3) is 3.73. The second-order valence-electron chi connectivity index (χ2n) is 5.02. The van der Waals surface area contributed by atoms with Crippen LogP contribution >= 0.6 is 0 Å². The number of rotatable bonds is 3. The lowest BCUT2D eigenvalue weighted by Crippen LogP contribution is -2.23. The monoisotopic (exact) mass is 246 g/mol. The Bertz CT molecular complexity index is 380. The fraction of sp³-hybridized carbons (Fsp3) is 0.538. The van der Waals surface area contributed by atoms with Gasteiger partial charge in [0.15, 0.2) is 0 Å². The maximum absolute atomic E-state index is 12.6. The fourth-order valence-electron chi connectivity index (χ4n) is 1.97. The van der Waals surface area contributed by atoms with E-state index < -0.39 is 23.3 Å². The highest BCUT2D eigenvalue weighted by molar-refractivity contribution is 5.30. The Morgan fingerprint density at radius 2 is 1.71 bits per heavy atom. The molecule has 1 N–H and O–H groups in total. The predicted octanol–water partition coefficient (Wildman–Crippen LogP) is 3.75. The van der Waals surface area contributed by atoms with Crippen molar-refractivity contribution in [1.82, 2.24) is 0 Å². The van der Waals surface area contributed by atoms with E-state index in [1.165, 1.54) is 6.07 Å². The van der Waals surface area contributed by atoms with Gasteiger partial charge in [0.1, 0.15) is 0 Å². The number of halogens is 3. The Hall–Kier alpha value is -1.03. The van der Waals surface area contributed by atoms with Crippen LogP contribution in [0.2, 0.25) is 0 Å². The lowest BCUT2D eigenvalue weighted by molar-refractivity contribution is -0.137. The summed E-state index contributed by atoms with van der Waals surface area (Å²) in [7, 11) is 0. The molecule has 1 aromatic rings. The first-order chi connectivity index (χ1) is 7.63. The van der Waals surface area contributed by atoms with Crippen molar-refractivity contribution in [2.75, 3.05) is 0 Å². The van der Waals surface area contributed by atoms with Crippen LogP contribution in [0.15, 0.2) is 24.3 Å². The molecule has 1 unspecified atom stereocenters. The van der Waals surface area contributed by atoms with Gasteiger partial charge in [-0.05, 0) is 30.4 Å². The Kier molecular flexibility index (Phi) is 3.87. The van der Waals surface area contributed by atoms with E-state index in [1.807, 2.05) is 13.8 Å². The van der Waals surface area contributed by atoms with E-state index in [0.29, 0.717) is 12.0 Å². The van der Waals surface area contributed by atoms with Crippen LogP contribution < -0.4 is 0 Å². The molecular formula is C13H17F3O. The zero-order chi connectivity index (χ0) is 13.3. The molecular weight excluding hydrogens is 229 g/mol. The summed E-state index contributed by atoms with van der Waals surface area (Å²) in [5, 5.41) is 9.36. The van der Waals surface area contributed by atoms with E-state index in [4.69, 9.17) is 0 Å². The molecule has 0 aliphatic carbocycles. The van der Waals surface area contributed by atoms with Gasteiger partial charge in [0.25, 0.3) is 0 Å². The lowest BCUT2D eigenvalue weighted by atomic mass is 9.79. The molecule has 1 rings (SSSR count). The third-order valence-corrected chi connectivity index (χ3v) is 2.78. The van der Waals surface area contributed by atoms with Crippen molar-refractivity contribution in [3.8, 4) is 0 Å². The molecule has 0 aromatic heterocycles. The maximum Gasteiger partial charge on any atom is 0.416 e. The largest absolute Gasteiger partial charge is 0.416 e. The molecule has 0 aliphatic rings. The zero-order valence-corrected chi connectivity index (χ0v) is 10.2. The molecule has 0 saturated heterocycles. The second-order valence-corrected chi connectivity index (χ2v) is 5.02. The van der Waals surface area contributed by atoms with Gasteiger partial charge in [0.2, 0.25) is 0 Å².